The predicted octanol–water partition coefficient (Wildman–Crippen LogP) is 1.97. The zero-order chi connectivity index (χ0) is 17.6. The molecule has 25 heavy (non-hydrogen) atoms. The molecule has 7 heteroatoms. The molecule has 1 atom stereocenters. The maximum Gasteiger partial charge on any atom is 0.321 e. The fraction of sp³-hybridized carbons (Fsp3) is 0.556. The minimum atomic E-state index is -0.223. The van der Waals surface area contributed by atoms with Crippen LogP contribution in [0.1, 0.15) is 19.3 Å². The number of likely N-dealkylation sites (tertiary alicyclic amines) is 2. The maximum atomic E-state index is 12.5. The van der Waals surface area contributed by atoms with Gasteiger partial charge in [0.05, 0.1) is 0 Å². The van der Waals surface area contributed by atoms with Crippen LogP contribution in [-0.2, 0) is 9.53 Å². The zero-order valence-electron chi connectivity index (χ0n) is 14.7. The Morgan fingerprint density at radius 1 is 1.16 bits per heavy atom. The van der Waals surface area contributed by atoms with Crippen LogP contribution in [0.4, 0.5) is 16.2 Å². The van der Waals surface area contributed by atoms with Gasteiger partial charge in [-0.1, -0.05) is 6.07 Å². The summed E-state index contributed by atoms with van der Waals surface area (Å²) in [6.07, 6.45) is 3.58. The largest absolute Gasteiger partial charge is 0.375 e. The zero-order valence-corrected chi connectivity index (χ0v) is 14.7. The monoisotopic (exact) mass is 346 g/mol. The first-order valence-electron chi connectivity index (χ1n) is 8.84. The number of rotatable bonds is 5. The number of carbonyl (C=O) groups excluding carboxylic acids is 2. The second-order valence-electron chi connectivity index (χ2n) is 6.62. The number of anilines is 2. The van der Waals surface area contributed by atoms with Gasteiger partial charge in [0.2, 0.25) is 5.91 Å². The van der Waals surface area contributed by atoms with E-state index >= 15 is 0 Å². The summed E-state index contributed by atoms with van der Waals surface area (Å²) in [6, 6.07) is 7.56. The van der Waals surface area contributed by atoms with Crippen molar-refractivity contribution in [1.29, 1.82) is 0 Å². The number of hydrogen-bond donors (Lipinski definition) is 2. The highest BCUT2D eigenvalue weighted by Gasteiger charge is 2.31. The Morgan fingerprint density at radius 2 is 1.88 bits per heavy atom. The number of methoxy groups -OCH3 is 1. The predicted molar refractivity (Wildman–Crippen MR) is 96.8 cm³/mol. The Morgan fingerprint density at radius 3 is 2.60 bits per heavy atom. The second-order valence-corrected chi connectivity index (χ2v) is 6.62. The number of nitrogens with one attached hydrogen (secondary N) is 2. The molecule has 1 aromatic carbocycles. The van der Waals surface area contributed by atoms with E-state index in [-0.39, 0.29) is 18.5 Å². The number of nitrogens with zero attached hydrogens (tertiary/aromatic N) is 2. The third-order valence-corrected chi connectivity index (χ3v) is 4.78. The van der Waals surface area contributed by atoms with Crippen LogP contribution in [0.2, 0.25) is 0 Å². The average molecular weight is 346 g/mol. The third-order valence-electron chi connectivity index (χ3n) is 4.78. The van der Waals surface area contributed by atoms with Gasteiger partial charge < -0.3 is 20.3 Å². The van der Waals surface area contributed by atoms with Crippen LogP contribution in [0.5, 0.6) is 0 Å². The van der Waals surface area contributed by atoms with Crippen LogP contribution in [0, 0.1) is 0 Å². The third kappa shape index (κ3) is 4.70. The van der Waals surface area contributed by atoms with E-state index in [1.54, 1.807) is 18.2 Å². The van der Waals surface area contributed by atoms with Crippen LogP contribution < -0.4 is 10.6 Å². The SMILES string of the molecule is COCC(=O)Nc1cccc(NC(=O)N2CC[C@H](N3CCCC3)C2)c1. The molecule has 136 valence electrons. The Kier molecular flexibility index (Phi) is 5.88. The van der Waals surface area contributed by atoms with Crippen molar-refractivity contribution in [1.82, 2.24) is 9.80 Å². The molecule has 7 nitrogen and oxygen atoms in total. The van der Waals surface area contributed by atoms with Crippen LogP contribution in [0.25, 0.3) is 0 Å². The summed E-state index contributed by atoms with van der Waals surface area (Å²) in [5.74, 6) is -0.223. The smallest absolute Gasteiger partial charge is 0.321 e. The van der Waals surface area contributed by atoms with Gasteiger partial charge >= 0.3 is 6.03 Å². The number of hydrogen-bond acceptors (Lipinski definition) is 4. The molecule has 1 aromatic rings. The van der Waals surface area contributed by atoms with Crippen LogP contribution in [-0.4, -0.2) is 67.7 Å². The topological polar surface area (TPSA) is 73.9 Å². The molecule has 0 aromatic heterocycles. The first kappa shape index (κ1) is 17.7. The number of ether oxygens (including phenoxy) is 1. The molecule has 2 heterocycles. The fourth-order valence-corrected chi connectivity index (χ4v) is 3.54. The lowest BCUT2D eigenvalue weighted by Crippen LogP contribution is -2.38. The summed E-state index contributed by atoms with van der Waals surface area (Å²) in [5.41, 5.74) is 1.31. The van der Waals surface area contributed by atoms with Crippen molar-refractivity contribution in [2.24, 2.45) is 0 Å². The van der Waals surface area contributed by atoms with Gasteiger partial charge in [-0.25, -0.2) is 4.79 Å². The van der Waals surface area contributed by atoms with Crippen molar-refractivity contribution in [3.05, 3.63) is 24.3 Å². The van der Waals surface area contributed by atoms with Crippen LogP contribution in [0.15, 0.2) is 24.3 Å². The van der Waals surface area contributed by atoms with Crippen molar-refractivity contribution in [2.45, 2.75) is 25.3 Å². The van der Waals surface area contributed by atoms with Gasteiger partial charge in [-0.2, -0.15) is 0 Å². The molecule has 0 radical (unpaired) electrons. The van der Waals surface area contributed by atoms with Crippen molar-refractivity contribution < 1.29 is 14.3 Å². The van der Waals surface area contributed by atoms with E-state index in [4.69, 9.17) is 4.74 Å². The molecule has 2 N–H and O–H groups in total. The molecular formula is C18H26N4O3. The quantitative estimate of drug-likeness (QED) is 0.855. The summed E-state index contributed by atoms with van der Waals surface area (Å²) >= 11 is 0. The minimum Gasteiger partial charge on any atom is -0.375 e. The van der Waals surface area contributed by atoms with E-state index in [2.05, 4.69) is 15.5 Å². The van der Waals surface area contributed by atoms with E-state index < -0.39 is 0 Å². The molecule has 2 fully saturated rings. The van der Waals surface area contributed by atoms with Crippen molar-refractivity contribution in [3.8, 4) is 0 Å². The lowest BCUT2D eigenvalue weighted by atomic mass is 10.2. The van der Waals surface area contributed by atoms with Crippen LogP contribution in [0.3, 0.4) is 0 Å². The summed E-state index contributed by atoms with van der Waals surface area (Å²) < 4.78 is 4.80. The van der Waals surface area contributed by atoms with E-state index in [9.17, 15) is 9.59 Å². The van der Waals surface area contributed by atoms with E-state index in [0.29, 0.717) is 17.4 Å². The molecule has 0 spiro atoms. The highest BCUT2D eigenvalue weighted by atomic mass is 16.5. The number of benzene rings is 1. The minimum absolute atomic E-state index is 0.00224. The molecule has 2 aliphatic rings. The van der Waals surface area contributed by atoms with Crippen molar-refractivity contribution in [3.63, 3.8) is 0 Å². The van der Waals surface area contributed by atoms with Gasteiger partial charge in [0, 0.05) is 37.6 Å². The summed E-state index contributed by atoms with van der Waals surface area (Å²) in [7, 11) is 1.47. The second kappa shape index (κ2) is 8.31. The summed E-state index contributed by atoms with van der Waals surface area (Å²) in [4.78, 5) is 28.5. The maximum absolute atomic E-state index is 12.5. The Bertz CT molecular complexity index is 616. The summed E-state index contributed by atoms with van der Waals surface area (Å²) in [6.45, 7) is 3.89. The Labute approximate surface area is 148 Å². The van der Waals surface area contributed by atoms with Crippen molar-refractivity contribution in [2.75, 3.05) is 50.5 Å². The Hall–Kier alpha value is -2.12. The van der Waals surface area contributed by atoms with E-state index in [1.165, 1.54) is 20.0 Å². The average Bonchev–Trinajstić information content (AvgIpc) is 3.27. The standard InChI is InChI=1S/C18H26N4O3/c1-25-13-17(23)19-14-5-4-6-15(11-14)20-18(24)22-10-7-16(12-22)21-8-2-3-9-21/h4-6,11,16H,2-3,7-10,12-13H2,1H3,(H,19,23)(H,20,24)/t16-/m0/s1. The Balaban J connectivity index is 1.53. The van der Waals surface area contributed by atoms with Gasteiger partial charge in [0.1, 0.15) is 6.61 Å². The van der Waals surface area contributed by atoms with Crippen LogP contribution >= 0.6 is 0 Å². The van der Waals surface area contributed by atoms with Gasteiger partial charge in [-0.15, -0.1) is 0 Å². The van der Waals surface area contributed by atoms with Gasteiger partial charge in [-0.3, -0.25) is 9.69 Å². The molecular weight excluding hydrogens is 320 g/mol. The number of amides is 3. The molecule has 0 unspecified atom stereocenters. The first-order chi connectivity index (χ1) is 12.2. The van der Waals surface area contributed by atoms with Crippen molar-refractivity contribution >= 4 is 23.3 Å². The molecule has 0 saturated carbocycles. The highest BCUT2D eigenvalue weighted by Crippen LogP contribution is 2.22. The molecule has 2 saturated heterocycles. The lowest BCUT2D eigenvalue weighted by Gasteiger charge is -2.23. The van der Waals surface area contributed by atoms with E-state index in [1.807, 2.05) is 11.0 Å². The molecule has 0 aliphatic carbocycles. The fourth-order valence-electron chi connectivity index (χ4n) is 3.54. The van der Waals surface area contributed by atoms with Gasteiger partial charge in [-0.05, 0) is 50.6 Å². The van der Waals surface area contributed by atoms with Gasteiger partial charge in [0.15, 0.2) is 0 Å². The molecule has 2 aliphatic heterocycles. The normalized spacial score (nSPS) is 20.7. The number of carbonyl (C=O) groups is 2. The lowest BCUT2D eigenvalue weighted by molar-refractivity contribution is -0.119. The number of urea groups is 1. The molecule has 0 bridgehead atoms. The first-order valence-corrected chi connectivity index (χ1v) is 8.84. The summed E-state index contributed by atoms with van der Waals surface area (Å²) in [5, 5.41) is 5.66. The van der Waals surface area contributed by atoms with E-state index in [0.717, 1.165) is 32.6 Å². The van der Waals surface area contributed by atoms with Gasteiger partial charge in [0.25, 0.3) is 0 Å². The molecule has 3 amide bonds. The molecule has 3 rings (SSSR count). The highest BCUT2D eigenvalue weighted by molar-refractivity contribution is 5.94.